The normalized spacial score (nSPS) is 13.2. The van der Waals surface area contributed by atoms with Gasteiger partial charge in [-0.3, -0.25) is 14.4 Å². The molecule has 3 aromatic carbocycles. The fourth-order valence-corrected chi connectivity index (χ4v) is 4.46. The second-order valence-electron chi connectivity index (χ2n) is 8.61. The van der Waals surface area contributed by atoms with Gasteiger partial charge in [0.1, 0.15) is 22.2 Å². The molecule has 8 nitrogen and oxygen atoms in total. The lowest BCUT2D eigenvalue weighted by atomic mass is 10.0. The lowest BCUT2D eigenvalue weighted by Gasteiger charge is -2.19. The number of amides is 3. The molecule has 1 aliphatic rings. The Morgan fingerprint density at radius 2 is 1.59 bits per heavy atom. The highest BCUT2D eigenvalue weighted by molar-refractivity contribution is 6.53. The number of nitrogens with zero attached hydrogens (tertiary/aromatic N) is 1. The molecular formula is C28H26ClN3O5. The van der Waals surface area contributed by atoms with Gasteiger partial charge in [-0.05, 0) is 62.2 Å². The molecule has 190 valence electrons. The molecule has 1 aliphatic heterocycles. The summed E-state index contributed by atoms with van der Waals surface area (Å²) in [5.74, 6) is -0.946. The van der Waals surface area contributed by atoms with Crippen LogP contribution < -0.4 is 25.0 Å². The highest BCUT2D eigenvalue weighted by Gasteiger charge is 2.40. The maximum atomic E-state index is 13.3. The zero-order valence-electron chi connectivity index (χ0n) is 21.1. The average Bonchev–Trinajstić information content (AvgIpc) is 3.08. The van der Waals surface area contributed by atoms with Gasteiger partial charge in [-0.2, -0.15) is 0 Å². The molecule has 9 heteroatoms. The van der Waals surface area contributed by atoms with Gasteiger partial charge in [0.15, 0.2) is 0 Å². The Balaban J connectivity index is 1.59. The standard InChI is InChI=1S/C28H26ClN3O5/c1-15-11-16(2)24(17(3)12-15)31-26(33)18-7-6-8-19(13-18)30-25-23(29)27(34)32(28(25)35)21-14-20(36-4)9-10-22(21)37-5/h6-14,30H,1-5H3,(H,31,33). The summed E-state index contributed by atoms with van der Waals surface area (Å²) in [5.41, 5.74) is 4.64. The summed E-state index contributed by atoms with van der Waals surface area (Å²) in [7, 11) is 2.91. The third kappa shape index (κ3) is 5.01. The van der Waals surface area contributed by atoms with E-state index in [1.165, 1.54) is 20.3 Å². The highest BCUT2D eigenvalue weighted by atomic mass is 35.5. The summed E-state index contributed by atoms with van der Waals surface area (Å²) >= 11 is 6.30. The molecule has 37 heavy (non-hydrogen) atoms. The van der Waals surface area contributed by atoms with Gasteiger partial charge in [-0.25, -0.2) is 4.90 Å². The summed E-state index contributed by atoms with van der Waals surface area (Å²) in [6, 6.07) is 15.3. The number of methoxy groups -OCH3 is 2. The van der Waals surface area contributed by atoms with Crippen molar-refractivity contribution < 1.29 is 23.9 Å². The Labute approximate surface area is 219 Å². The number of halogens is 1. The van der Waals surface area contributed by atoms with Gasteiger partial charge < -0.3 is 20.1 Å². The Bertz CT molecular complexity index is 1440. The van der Waals surface area contributed by atoms with Crippen LogP contribution >= 0.6 is 11.6 Å². The SMILES string of the molecule is COc1ccc(OC)c(N2C(=O)C(Cl)=C(Nc3cccc(C(=O)Nc4c(C)cc(C)cc4C)c3)C2=O)c1. The van der Waals surface area contributed by atoms with Gasteiger partial charge >= 0.3 is 0 Å². The van der Waals surface area contributed by atoms with Crippen molar-refractivity contribution >= 4 is 46.4 Å². The number of anilines is 3. The minimum Gasteiger partial charge on any atom is -0.497 e. The molecule has 2 N–H and O–H groups in total. The lowest BCUT2D eigenvalue weighted by Crippen LogP contribution is -2.32. The molecule has 1 heterocycles. The molecule has 0 saturated heterocycles. The zero-order valence-corrected chi connectivity index (χ0v) is 21.8. The molecule has 0 aromatic heterocycles. The van der Waals surface area contributed by atoms with Crippen molar-refractivity contribution in [1.82, 2.24) is 0 Å². The maximum Gasteiger partial charge on any atom is 0.283 e. The molecule has 0 radical (unpaired) electrons. The minimum atomic E-state index is -0.708. The van der Waals surface area contributed by atoms with Crippen LogP contribution in [0.1, 0.15) is 27.0 Å². The number of rotatable bonds is 7. The van der Waals surface area contributed by atoms with Crippen LogP contribution in [0.5, 0.6) is 11.5 Å². The van der Waals surface area contributed by atoms with E-state index in [-0.39, 0.29) is 22.3 Å². The summed E-state index contributed by atoms with van der Waals surface area (Å²) in [4.78, 5) is 40.2. The Morgan fingerprint density at radius 1 is 0.892 bits per heavy atom. The second kappa shape index (κ2) is 10.4. The van der Waals surface area contributed by atoms with Crippen LogP contribution in [0.15, 0.2) is 65.3 Å². The van der Waals surface area contributed by atoms with E-state index in [0.29, 0.717) is 22.7 Å². The van der Waals surface area contributed by atoms with Crippen molar-refractivity contribution in [1.29, 1.82) is 0 Å². The van der Waals surface area contributed by atoms with Gasteiger partial charge in [0, 0.05) is 23.0 Å². The quantitative estimate of drug-likeness (QED) is 0.410. The number of aryl methyl sites for hydroxylation is 3. The van der Waals surface area contributed by atoms with Crippen LogP contribution in [0.3, 0.4) is 0 Å². The Hall–Kier alpha value is -4.30. The van der Waals surface area contributed by atoms with E-state index in [2.05, 4.69) is 10.6 Å². The van der Waals surface area contributed by atoms with Crippen LogP contribution in [0, 0.1) is 20.8 Å². The van der Waals surface area contributed by atoms with Gasteiger partial charge in [-0.15, -0.1) is 0 Å². The van der Waals surface area contributed by atoms with Gasteiger partial charge in [0.2, 0.25) is 0 Å². The molecule has 0 saturated carbocycles. The van der Waals surface area contributed by atoms with Crippen molar-refractivity contribution in [2.75, 3.05) is 29.8 Å². The van der Waals surface area contributed by atoms with E-state index in [1.807, 2.05) is 32.9 Å². The summed E-state index contributed by atoms with van der Waals surface area (Å²) < 4.78 is 10.6. The zero-order chi connectivity index (χ0) is 26.9. The van der Waals surface area contributed by atoms with E-state index >= 15 is 0 Å². The van der Waals surface area contributed by atoms with Gasteiger partial charge in [-0.1, -0.05) is 35.4 Å². The van der Waals surface area contributed by atoms with Gasteiger partial charge in [0.25, 0.3) is 17.7 Å². The minimum absolute atomic E-state index is 0.112. The molecule has 0 bridgehead atoms. The van der Waals surface area contributed by atoms with E-state index < -0.39 is 11.8 Å². The topological polar surface area (TPSA) is 97.0 Å². The third-order valence-electron chi connectivity index (χ3n) is 5.96. The fraction of sp³-hybridized carbons (Fsp3) is 0.179. The predicted molar refractivity (Wildman–Crippen MR) is 144 cm³/mol. The number of hydrogen-bond acceptors (Lipinski definition) is 6. The molecule has 0 aliphatic carbocycles. The van der Waals surface area contributed by atoms with Crippen molar-refractivity contribution in [2.45, 2.75) is 20.8 Å². The summed E-state index contributed by atoms with van der Waals surface area (Å²) in [6.07, 6.45) is 0. The smallest absolute Gasteiger partial charge is 0.283 e. The predicted octanol–water partition coefficient (Wildman–Crippen LogP) is 5.32. The first-order valence-electron chi connectivity index (χ1n) is 11.4. The molecule has 0 spiro atoms. The number of imide groups is 1. The molecular weight excluding hydrogens is 494 g/mol. The molecule has 3 amide bonds. The van der Waals surface area contributed by atoms with E-state index in [4.69, 9.17) is 21.1 Å². The maximum absolute atomic E-state index is 13.3. The Morgan fingerprint density at radius 3 is 2.24 bits per heavy atom. The number of hydrogen-bond donors (Lipinski definition) is 2. The first-order valence-corrected chi connectivity index (χ1v) is 11.8. The first-order chi connectivity index (χ1) is 17.6. The summed E-state index contributed by atoms with van der Waals surface area (Å²) in [5, 5.41) is 5.59. The third-order valence-corrected chi connectivity index (χ3v) is 6.31. The van der Waals surface area contributed by atoms with E-state index in [0.717, 1.165) is 27.3 Å². The van der Waals surface area contributed by atoms with Crippen molar-refractivity contribution in [3.05, 3.63) is 87.6 Å². The van der Waals surface area contributed by atoms with Crippen LogP contribution in [-0.4, -0.2) is 31.9 Å². The van der Waals surface area contributed by atoms with Crippen LogP contribution in [0.25, 0.3) is 0 Å². The molecule has 0 unspecified atom stereocenters. The van der Waals surface area contributed by atoms with Crippen LogP contribution in [0.2, 0.25) is 0 Å². The first kappa shape index (κ1) is 25.8. The molecule has 0 fully saturated rings. The van der Waals surface area contributed by atoms with Gasteiger partial charge in [0.05, 0.1) is 19.9 Å². The molecule has 3 aromatic rings. The van der Waals surface area contributed by atoms with E-state index in [9.17, 15) is 14.4 Å². The lowest BCUT2D eigenvalue weighted by molar-refractivity contribution is -0.120. The van der Waals surface area contributed by atoms with Crippen molar-refractivity contribution in [3.63, 3.8) is 0 Å². The number of benzene rings is 3. The van der Waals surface area contributed by atoms with Crippen molar-refractivity contribution in [3.8, 4) is 11.5 Å². The number of carbonyl (C=O) groups excluding carboxylic acids is 3. The highest BCUT2D eigenvalue weighted by Crippen LogP contribution is 2.38. The van der Waals surface area contributed by atoms with Crippen molar-refractivity contribution in [2.24, 2.45) is 0 Å². The molecule has 0 atom stereocenters. The second-order valence-corrected chi connectivity index (χ2v) is 8.98. The molecule has 4 rings (SSSR count). The summed E-state index contributed by atoms with van der Waals surface area (Å²) in [6.45, 7) is 5.88. The largest absolute Gasteiger partial charge is 0.497 e. The average molecular weight is 520 g/mol. The number of carbonyl (C=O) groups is 3. The number of nitrogens with one attached hydrogen (secondary N) is 2. The Kier molecular flexibility index (Phi) is 7.22. The van der Waals surface area contributed by atoms with Crippen LogP contribution in [-0.2, 0) is 9.59 Å². The van der Waals surface area contributed by atoms with E-state index in [1.54, 1.807) is 36.4 Å². The fourth-order valence-electron chi connectivity index (χ4n) is 4.25. The van der Waals surface area contributed by atoms with Crippen LogP contribution in [0.4, 0.5) is 17.1 Å². The number of ether oxygens (including phenoxy) is 2. The monoisotopic (exact) mass is 519 g/mol.